The van der Waals surface area contributed by atoms with Gasteiger partial charge in [-0.2, -0.15) is 8.42 Å². The second-order valence-corrected chi connectivity index (χ2v) is 9.01. The predicted molar refractivity (Wildman–Crippen MR) is 95.0 cm³/mol. The van der Waals surface area contributed by atoms with E-state index < -0.39 is 82.5 Å². The Kier molecular flexibility index (Phi) is 19.0. The Hall–Kier alpha value is 0.500. The van der Waals surface area contributed by atoms with Gasteiger partial charge in [0.2, 0.25) is 0 Å². The zero-order valence-electron chi connectivity index (χ0n) is 16.1. The summed E-state index contributed by atoms with van der Waals surface area (Å²) in [4.78, 5) is 0. The third kappa shape index (κ3) is 16.8. The molecule has 14 nitrogen and oxygen atoms in total. The van der Waals surface area contributed by atoms with Crippen molar-refractivity contribution in [1.82, 2.24) is 10.6 Å². The molecule has 0 unspecified atom stereocenters. The fourth-order valence-electron chi connectivity index (χ4n) is 1.52. The van der Waals surface area contributed by atoms with E-state index in [1.54, 1.807) is 0 Å². The first-order chi connectivity index (χ1) is 12.8. The Morgan fingerprint density at radius 1 is 0.655 bits per heavy atom. The smallest absolute Gasteiger partial charge is 0.748 e. The van der Waals surface area contributed by atoms with Gasteiger partial charge in [0.25, 0.3) is 10.1 Å². The molecule has 0 atom stereocenters. The van der Waals surface area contributed by atoms with Crippen LogP contribution in [-0.4, -0.2) is 132 Å². The Balaban J connectivity index is -0.000000451. The van der Waals surface area contributed by atoms with Gasteiger partial charge in [0.15, 0.2) is 0 Å². The molecular formula is C12H29N2NaO12S2. The molecule has 0 aliphatic rings. The van der Waals surface area contributed by atoms with E-state index in [0.29, 0.717) is 0 Å². The first kappa shape index (κ1) is 34.1. The van der Waals surface area contributed by atoms with E-state index in [4.69, 9.17) is 35.2 Å². The van der Waals surface area contributed by atoms with Crippen molar-refractivity contribution < 1.29 is 86.1 Å². The Bertz CT molecular complexity index is 538. The van der Waals surface area contributed by atoms with Gasteiger partial charge >= 0.3 is 29.6 Å². The number of rotatable bonds is 14. The Labute approximate surface area is 191 Å². The van der Waals surface area contributed by atoms with E-state index in [2.05, 4.69) is 10.6 Å². The molecule has 0 aromatic rings. The van der Waals surface area contributed by atoms with Gasteiger partial charge in [-0.25, -0.2) is 8.42 Å². The van der Waals surface area contributed by atoms with Crippen molar-refractivity contribution in [2.75, 3.05) is 64.2 Å². The van der Waals surface area contributed by atoms with Crippen LogP contribution in [0.4, 0.5) is 0 Å². The van der Waals surface area contributed by atoms with Crippen LogP contribution in [0.5, 0.6) is 0 Å². The molecule has 0 saturated heterocycles. The van der Waals surface area contributed by atoms with Gasteiger partial charge in [0.1, 0.15) is 0 Å². The summed E-state index contributed by atoms with van der Waals surface area (Å²) in [5, 5.41) is 57.7. The van der Waals surface area contributed by atoms with Crippen LogP contribution in [0.2, 0.25) is 0 Å². The number of hydrogen-bond acceptors (Lipinski definition) is 13. The number of aliphatic hydroxyl groups excluding tert-OH is 6. The fraction of sp³-hybridized carbons (Fsp3) is 1.00. The van der Waals surface area contributed by atoms with Crippen LogP contribution in [0.25, 0.3) is 0 Å². The number of aliphatic hydroxyl groups is 6. The van der Waals surface area contributed by atoms with Gasteiger partial charge in [0.05, 0.1) is 72.3 Å². The van der Waals surface area contributed by atoms with E-state index in [-0.39, 0.29) is 42.6 Å². The SMILES string of the molecule is O=S(=O)(O)CCNC(CO)(CO)CO.O=S(=O)([O-])CCNC(CO)(CO)CO.[Na+]. The van der Waals surface area contributed by atoms with Crippen LogP contribution in [0.15, 0.2) is 0 Å². The minimum Gasteiger partial charge on any atom is -0.748 e. The average Bonchev–Trinajstić information content (AvgIpc) is 2.62. The molecule has 0 rings (SSSR count). The van der Waals surface area contributed by atoms with Crippen molar-refractivity contribution in [2.45, 2.75) is 11.1 Å². The molecule has 9 N–H and O–H groups in total. The Morgan fingerprint density at radius 2 is 0.931 bits per heavy atom. The van der Waals surface area contributed by atoms with Crippen molar-refractivity contribution in [3.05, 3.63) is 0 Å². The standard InChI is InChI=1S/2C6H15NO6S.Na/c2*8-3-6(4-9,5-10)7-1-2-14(11,12)13;/h2*7-10H,1-5H2,(H,11,12,13);/q;;+1/p-1. The second kappa shape index (κ2) is 16.2. The second-order valence-electron chi connectivity index (χ2n) is 5.91. The first-order valence-corrected chi connectivity index (χ1v) is 11.0. The first-order valence-electron chi connectivity index (χ1n) is 7.82. The molecule has 0 aliphatic carbocycles. The van der Waals surface area contributed by atoms with Gasteiger partial charge in [-0.05, 0) is 0 Å². The molecule has 0 amide bonds. The third-order valence-electron chi connectivity index (χ3n) is 3.53. The van der Waals surface area contributed by atoms with E-state index in [1.807, 2.05) is 0 Å². The maximum absolute atomic E-state index is 10.3. The van der Waals surface area contributed by atoms with Crippen LogP contribution < -0.4 is 40.2 Å². The molecule has 172 valence electrons. The molecule has 0 saturated carbocycles. The molecular weight excluding hydrogens is 451 g/mol. The molecule has 0 aromatic carbocycles. The molecule has 0 aliphatic heterocycles. The van der Waals surface area contributed by atoms with Crippen LogP contribution in [-0.2, 0) is 20.2 Å². The zero-order chi connectivity index (χ0) is 22.5. The molecule has 0 bridgehead atoms. The molecule has 17 heteroatoms. The normalized spacial score (nSPS) is 12.7. The monoisotopic (exact) mass is 480 g/mol. The van der Waals surface area contributed by atoms with Crippen LogP contribution in [0.3, 0.4) is 0 Å². The van der Waals surface area contributed by atoms with Crippen LogP contribution in [0, 0.1) is 0 Å². The summed E-state index contributed by atoms with van der Waals surface area (Å²) >= 11 is 0. The number of hydrogen-bond donors (Lipinski definition) is 9. The summed E-state index contributed by atoms with van der Waals surface area (Å²) in [7, 11) is -8.41. The minimum absolute atomic E-state index is 0. The Morgan fingerprint density at radius 3 is 1.14 bits per heavy atom. The zero-order valence-corrected chi connectivity index (χ0v) is 19.7. The van der Waals surface area contributed by atoms with Gasteiger partial charge in [-0.15, -0.1) is 0 Å². The topological polar surface area (TPSA) is 257 Å². The number of nitrogens with one attached hydrogen (secondary N) is 2. The summed E-state index contributed by atoms with van der Waals surface area (Å²) in [6, 6.07) is 0. The van der Waals surface area contributed by atoms with Gasteiger partial charge < -0.3 is 45.8 Å². The predicted octanol–water partition coefficient (Wildman–Crippen LogP) is -8.98. The molecule has 0 heterocycles. The quantitative estimate of drug-likeness (QED) is 0.0826. The van der Waals surface area contributed by atoms with E-state index in [9.17, 15) is 21.4 Å². The van der Waals surface area contributed by atoms with Crippen molar-refractivity contribution in [2.24, 2.45) is 0 Å². The van der Waals surface area contributed by atoms with Gasteiger partial charge in [-0.1, -0.05) is 0 Å². The van der Waals surface area contributed by atoms with Gasteiger partial charge in [0, 0.05) is 13.1 Å². The summed E-state index contributed by atoms with van der Waals surface area (Å²) in [5.41, 5.74) is -2.66. The van der Waals surface area contributed by atoms with Crippen molar-refractivity contribution >= 4 is 20.2 Å². The summed E-state index contributed by atoms with van der Waals surface area (Å²) in [6.07, 6.45) is 0. The van der Waals surface area contributed by atoms with E-state index in [1.165, 1.54) is 0 Å². The van der Waals surface area contributed by atoms with Crippen LogP contribution in [0.1, 0.15) is 0 Å². The largest absolute Gasteiger partial charge is 1.00 e. The maximum Gasteiger partial charge on any atom is 1.00 e. The molecule has 0 radical (unpaired) electrons. The van der Waals surface area contributed by atoms with Crippen molar-refractivity contribution in [3.8, 4) is 0 Å². The van der Waals surface area contributed by atoms with Crippen molar-refractivity contribution in [1.29, 1.82) is 0 Å². The summed E-state index contributed by atoms with van der Waals surface area (Å²) in [5.74, 6) is -1.20. The average molecular weight is 480 g/mol. The summed E-state index contributed by atoms with van der Waals surface area (Å²) in [6.45, 7) is -3.67. The van der Waals surface area contributed by atoms with Crippen LogP contribution >= 0.6 is 0 Å². The van der Waals surface area contributed by atoms with E-state index in [0.717, 1.165) is 0 Å². The molecule has 29 heavy (non-hydrogen) atoms. The maximum atomic E-state index is 10.3. The van der Waals surface area contributed by atoms with Crippen molar-refractivity contribution in [3.63, 3.8) is 0 Å². The van der Waals surface area contributed by atoms with Gasteiger partial charge in [-0.3, -0.25) is 4.55 Å². The minimum atomic E-state index is -4.33. The molecule has 0 spiro atoms. The summed E-state index contributed by atoms with van der Waals surface area (Å²) < 4.78 is 59.6. The molecule has 0 aromatic heterocycles. The fourth-order valence-corrected chi connectivity index (χ4v) is 2.23. The van der Waals surface area contributed by atoms with E-state index >= 15 is 0 Å². The molecule has 0 fully saturated rings. The third-order valence-corrected chi connectivity index (χ3v) is 4.95.